The second kappa shape index (κ2) is 6.70. The predicted octanol–water partition coefficient (Wildman–Crippen LogP) is 2.38. The molecule has 0 amide bonds. The van der Waals surface area contributed by atoms with E-state index >= 15 is 0 Å². The number of nitro groups is 1. The number of rotatable bonds is 6. The fraction of sp³-hybridized carbons (Fsp3) is 0.286. The van der Waals surface area contributed by atoms with Crippen LogP contribution in [0.15, 0.2) is 30.7 Å². The fourth-order valence-electron chi connectivity index (χ4n) is 2.11. The smallest absolute Gasteiger partial charge is 0.312 e. The van der Waals surface area contributed by atoms with E-state index in [2.05, 4.69) is 15.4 Å². The highest BCUT2D eigenvalue weighted by Crippen LogP contribution is 2.29. The summed E-state index contributed by atoms with van der Waals surface area (Å²) < 4.78 is 0. The maximum absolute atomic E-state index is 11.2. The Bertz CT molecular complexity index is 676. The molecule has 8 nitrogen and oxygen atoms in total. The van der Waals surface area contributed by atoms with Gasteiger partial charge in [-0.1, -0.05) is 6.92 Å². The minimum Gasteiger partial charge on any atom is -0.397 e. The molecule has 2 aromatic heterocycles. The molecule has 0 unspecified atom stereocenters. The molecule has 3 N–H and O–H groups in total. The van der Waals surface area contributed by atoms with E-state index in [9.17, 15) is 10.1 Å². The molecule has 0 saturated heterocycles. The normalized spacial score (nSPS) is 10.3. The highest BCUT2D eigenvalue weighted by molar-refractivity contribution is 5.73. The van der Waals surface area contributed by atoms with Crippen molar-refractivity contribution >= 4 is 22.7 Å². The lowest BCUT2D eigenvalue weighted by molar-refractivity contribution is -0.384. The van der Waals surface area contributed by atoms with Gasteiger partial charge in [-0.25, -0.2) is 0 Å². The lowest BCUT2D eigenvalue weighted by atomic mass is 10.2. The highest BCUT2D eigenvalue weighted by Gasteiger charge is 2.20. The molecule has 0 atom stereocenters. The van der Waals surface area contributed by atoms with Crippen LogP contribution in [0.5, 0.6) is 0 Å². The Kier molecular flexibility index (Phi) is 4.72. The molecule has 2 aromatic rings. The van der Waals surface area contributed by atoms with Crippen molar-refractivity contribution in [1.82, 2.24) is 9.97 Å². The van der Waals surface area contributed by atoms with Crippen molar-refractivity contribution in [3.05, 3.63) is 46.5 Å². The van der Waals surface area contributed by atoms with Crippen molar-refractivity contribution in [2.75, 3.05) is 22.7 Å². The minimum absolute atomic E-state index is 0.0719. The third kappa shape index (κ3) is 3.05. The van der Waals surface area contributed by atoms with Crippen molar-refractivity contribution in [3.63, 3.8) is 0 Å². The first-order valence-electron chi connectivity index (χ1n) is 6.94. The van der Waals surface area contributed by atoms with Crippen LogP contribution in [0.25, 0.3) is 0 Å². The lowest BCUT2D eigenvalue weighted by Gasteiger charge is -2.26. The molecule has 0 aromatic carbocycles. The zero-order chi connectivity index (χ0) is 16.1. The van der Waals surface area contributed by atoms with Gasteiger partial charge >= 0.3 is 5.69 Å². The monoisotopic (exact) mass is 302 g/mol. The van der Waals surface area contributed by atoms with E-state index in [1.54, 1.807) is 23.3 Å². The Morgan fingerprint density at radius 2 is 2.14 bits per heavy atom. The first-order chi connectivity index (χ1) is 10.6. The summed E-state index contributed by atoms with van der Waals surface area (Å²) in [6.45, 7) is 4.36. The number of nitrogens with zero attached hydrogens (tertiary/aromatic N) is 4. The van der Waals surface area contributed by atoms with Gasteiger partial charge in [0.2, 0.25) is 0 Å². The number of hydrogen-bond donors (Lipinski definition) is 2. The standard InChI is InChI=1S/C14H18N6O2/c1-3-11-14(10(15)5-8-17-11)18-19(4-2)12-6-7-16-9-13(12)20(21)22/h5-9,18H,3-4H2,1-2H3,(H2,15,17). The Balaban J connectivity index is 2.41. The second-order valence-electron chi connectivity index (χ2n) is 4.55. The van der Waals surface area contributed by atoms with Crippen LogP contribution in [0.2, 0.25) is 0 Å². The van der Waals surface area contributed by atoms with Crippen molar-refractivity contribution in [2.24, 2.45) is 0 Å². The average Bonchev–Trinajstić information content (AvgIpc) is 2.53. The van der Waals surface area contributed by atoms with Crippen LogP contribution in [-0.2, 0) is 6.42 Å². The van der Waals surface area contributed by atoms with E-state index < -0.39 is 4.92 Å². The Hall–Kier alpha value is -2.90. The summed E-state index contributed by atoms with van der Waals surface area (Å²) in [5.41, 5.74) is 11.5. The van der Waals surface area contributed by atoms with Crippen LogP contribution in [-0.4, -0.2) is 21.4 Å². The molecule has 0 bridgehead atoms. The molecule has 0 saturated carbocycles. The zero-order valence-corrected chi connectivity index (χ0v) is 12.5. The van der Waals surface area contributed by atoms with Crippen LogP contribution in [0.4, 0.5) is 22.7 Å². The van der Waals surface area contributed by atoms with Gasteiger partial charge in [0.1, 0.15) is 11.9 Å². The minimum atomic E-state index is -0.458. The van der Waals surface area contributed by atoms with Crippen molar-refractivity contribution in [2.45, 2.75) is 20.3 Å². The van der Waals surface area contributed by atoms with Gasteiger partial charge in [-0.3, -0.25) is 30.5 Å². The molecule has 116 valence electrons. The Morgan fingerprint density at radius 3 is 2.77 bits per heavy atom. The quantitative estimate of drug-likeness (QED) is 0.622. The summed E-state index contributed by atoms with van der Waals surface area (Å²) in [5, 5.41) is 12.8. The van der Waals surface area contributed by atoms with Crippen molar-refractivity contribution < 1.29 is 4.92 Å². The van der Waals surface area contributed by atoms with Crippen LogP contribution >= 0.6 is 0 Å². The van der Waals surface area contributed by atoms with Gasteiger partial charge in [0.25, 0.3) is 0 Å². The third-order valence-electron chi connectivity index (χ3n) is 3.22. The van der Waals surface area contributed by atoms with E-state index in [4.69, 9.17) is 5.73 Å². The summed E-state index contributed by atoms with van der Waals surface area (Å²) in [6, 6.07) is 3.28. The van der Waals surface area contributed by atoms with E-state index in [-0.39, 0.29) is 5.69 Å². The summed E-state index contributed by atoms with van der Waals surface area (Å²) in [7, 11) is 0. The number of nitrogens with two attached hydrogens (primary N) is 1. The Morgan fingerprint density at radius 1 is 1.36 bits per heavy atom. The highest BCUT2D eigenvalue weighted by atomic mass is 16.6. The molecular formula is C14H18N6O2. The van der Waals surface area contributed by atoms with Crippen LogP contribution in [0.3, 0.4) is 0 Å². The number of hydrogen-bond acceptors (Lipinski definition) is 7. The van der Waals surface area contributed by atoms with E-state index in [0.29, 0.717) is 30.0 Å². The first-order valence-corrected chi connectivity index (χ1v) is 6.94. The predicted molar refractivity (Wildman–Crippen MR) is 85.6 cm³/mol. The topological polar surface area (TPSA) is 110 Å². The largest absolute Gasteiger partial charge is 0.397 e. The van der Waals surface area contributed by atoms with Gasteiger partial charge in [0.05, 0.1) is 22.0 Å². The lowest BCUT2D eigenvalue weighted by Crippen LogP contribution is -2.31. The molecule has 0 fully saturated rings. The summed E-state index contributed by atoms with van der Waals surface area (Å²) in [4.78, 5) is 18.8. The van der Waals surface area contributed by atoms with E-state index in [1.165, 1.54) is 12.4 Å². The number of nitrogen functional groups attached to an aromatic ring is 1. The van der Waals surface area contributed by atoms with Gasteiger partial charge in [-0.05, 0) is 25.5 Å². The van der Waals surface area contributed by atoms with Gasteiger partial charge in [0.15, 0.2) is 0 Å². The van der Waals surface area contributed by atoms with Gasteiger partial charge < -0.3 is 5.73 Å². The molecule has 0 aliphatic rings. The molecule has 22 heavy (non-hydrogen) atoms. The second-order valence-corrected chi connectivity index (χ2v) is 4.55. The van der Waals surface area contributed by atoms with Gasteiger partial charge in [-0.15, -0.1) is 0 Å². The number of hydrazine groups is 1. The summed E-state index contributed by atoms with van der Waals surface area (Å²) in [5.74, 6) is 0. The SMILES string of the molecule is CCc1nccc(N)c1NN(CC)c1ccncc1[N+](=O)[O-]. The fourth-order valence-corrected chi connectivity index (χ4v) is 2.11. The first kappa shape index (κ1) is 15.5. The molecule has 0 aliphatic carbocycles. The average molecular weight is 302 g/mol. The third-order valence-corrected chi connectivity index (χ3v) is 3.22. The Labute approximate surface area is 128 Å². The van der Waals surface area contributed by atoms with E-state index in [0.717, 1.165) is 5.69 Å². The van der Waals surface area contributed by atoms with Crippen molar-refractivity contribution in [3.8, 4) is 0 Å². The van der Waals surface area contributed by atoms with Gasteiger partial charge in [-0.2, -0.15) is 0 Å². The molecule has 0 spiro atoms. The maximum atomic E-state index is 11.2. The van der Waals surface area contributed by atoms with Gasteiger partial charge in [0, 0.05) is 18.9 Å². The number of aromatic nitrogens is 2. The van der Waals surface area contributed by atoms with E-state index in [1.807, 2.05) is 13.8 Å². The number of nitrogens with one attached hydrogen (secondary N) is 1. The van der Waals surface area contributed by atoms with Crippen LogP contribution in [0.1, 0.15) is 19.5 Å². The number of pyridine rings is 2. The van der Waals surface area contributed by atoms with Crippen LogP contribution < -0.4 is 16.2 Å². The molecule has 0 aliphatic heterocycles. The molecule has 2 heterocycles. The number of anilines is 3. The maximum Gasteiger partial charge on any atom is 0.312 e. The molecule has 2 rings (SSSR count). The molecule has 0 radical (unpaired) electrons. The van der Waals surface area contributed by atoms with Crippen LogP contribution in [0, 0.1) is 10.1 Å². The zero-order valence-electron chi connectivity index (χ0n) is 12.5. The molecule has 8 heteroatoms. The number of aryl methyl sites for hydroxylation is 1. The molecular weight excluding hydrogens is 284 g/mol. The van der Waals surface area contributed by atoms with Crippen molar-refractivity contribution in [1.29, 1.82) is 0 Å². The summed E-state index contributed by atoms with van der Waals surface area (Å²) >= 11 is 0. The summed E-state index contributed by atoms with van der Waals surface area (Å²) in [6.07, 6.45) is 5.08.